The average molecular weight is 317 g/mol. The van der Waals surface area contributed by atoms with E-state index in [-0.39, 0.29) is 11.8 Å². The Hall–Kier alpha value is -0.390. The molecule has 2 atom stereocenters. The fraction of sp³-hybridized carbons (Fsp3) is 0.583. The van der Waals surface area contributed by atoms with E-state index in [0.717, 1.165) is 17.6 Å². The Morgan fingerprint density at radius 2 is 2.41 bits per heavy atom. The van der Waals surface area contributed by atoms with Gasteiger partial charge in [0.15, 0.2) is 0 Å². The van der Waals surface area contributed by atoms with Crippen molar-refractivity contribution in [2.24, 2.45) is 11.8 Å². The first-order valence-corrected chi connectivity index (χ1v) is 7.44. The summed E-state index contributed by atoms with van der Waals surface area (Å²) in [5.41, 5.74) is 0. The Balaban J connectivity index is 1.95. The van der Waals surface area contributed by atoms with Crippen LogP contribution in [0.4, 0.5) is 0 Å². The van der Waals surface area contributed by atoms with Gasteiger partial charge in [-0.05, 0) is 34.5 Å². The first-order chi connectivity index (χ1) is 8.08. The van der Waals surface area contributed by atoms with E-state index in [1.54, 1.807) is 11.3 Å². The molecule has 1 aromatic rings. The van der Waals surface area contributed by atoms with Gasteiger partial charge in [0.25, 0.3) is 0 Å². The largest absolute Gasteiger partial charge is 0.340 e. The number of carbonyl (C=O) groups is 1. The maximum atomic E-state index is 12.2. The van der Waals surface area contributed by atoms with Crippen molar-refractivity contribution in [1.29, 1.82) is 0 Å². The second-order valence-corrected chi connectivity index (χ2v) is 6.58. The summed E-state index contributed by atoms with van der Waals surface area (Å²) in [6.45, 7) is 4.61. The topological polar surface area (TPSA) is 32.3 Å². The minimum Gasteiger partial charge on any atom is -0.340 e. The molecule has 1 N–H and O–H groups in total. The Morgan fingerprint density at radius 3 is 2.94 bits per heavy atom. The summed E-state index contributed by atoms with van der Waals surface area (Å²) in [7, 11) is 1.89. The molecule has 5 heteroatoms. The van der Waals surface area contributed by atoms with Crippen molar-refractivity contribution >= 4 is 33.2 Å². The number of halogens is 1. The second kappa shape index (κ2) is 5.50. The molecular formula is C12H17BrN2OS. The molecule has 1 aromatic heterocycles. The predicted molar refractivity (Wildman–Crippen MR) is 74.0 cm³/mol. The zero-order chi connectivity index (χ0) is 12.4. The molecule has 2 rings (SSSR count). The molecule has 0 saturated carbocycles. The van der Waals surface area contributed by atoms with E-state index in [9.17, 15) is 4.79 Å². The molecular weight excluding hydrogens is 300 g/mol. The van der Waals surface area contributed by atoms with Crippen LogP contribution < -0.4 is 5.32 Å². The van der Waals surface area contributed by atoms with Gasteiger partial charge in [-0.15, -0.1) is 11.3 Å². The average Bonchev–Trinajstić information content (AvgIpc) is 2.86. The van der Waals surface area contributed by atoms with Crippen LogP contribution in [0.3, 0.4) is 0 Å². The Kier molecular flexibility index (Phi) is 4.22. The minimum absolute atomic E-state index is 0.142. The Labute approximate surface area is 114 Å². The van der Waals surface area contributed by atoms with Crippen molar-refractivity contribution in [2.75, 3.05) is 20.1 Å². The number of nitrogens with zero attached hydrogens (tertiary/aromatic N) is 1. The van der Waals surface area contributed by atoms with Gasteiger partial charge in [0.05, 0.1) is 12.5 Å². The Morgan fingerprint density at radius 1 is 1.65 bits per heavy atom. The SMILES string of the molecule is C[C@@H]1CNC[C@H]1C(=O)N(C)Cc1cc(Br)cs1. The number of hydrogen-bond donors (Lipinski definition) is 1. The molecule has 94 valence electrons. The van der Waals surface area contributed by atoms with Crippen LogP contribution in [0.25, 0.3) is 0 Å². The van der Waals surface area contributed by atoms with Gasteiger partial charge in [-0.2, -0.15) is 0 Å². The number of thiophene rings is 1. The zero-order valence-corrected chi connectivity index (χ0v) is 12.5. The summed E-state index contributed by atoms with van der Waals surface area (Å²) in [6.07, 6.45) is 0. The number of amides is 1. The van der Waals surface area contributed by atoms with Crippen LogP contribution in [0.2, 0.25) is 0 Å². The van der Waals surface area contributed by atoms with Crippen LogP contribution >= 0.6 is 27.3 Å². The van der Waals surface area contributed by atoms with Gasteiger partial charge in [-0.1, -0.05) is 6.92 Å². The lowest BCUT2D eigenvalue weighted by atomic mass is 9.97. The summed E-state index contributed by atoms with van der Waals surface area (Å²) in [5, 5.41) is 5.32. The number of nitrogens with one attached hydrogen (secondary N) is 1. The van der Waals surface area contributed by atoms with E-state index in [1.165, 1.54) is 4.88 Å². The molecule has 17 heavy (non-hydrogen) atoms. The lowest BCUT2D eigenvalue weighted by Gasteiger charge is -2.22. The Bertz CT molecular complexity index is 407. The van der Waals surface area contributed by atoms with Crippen molar-refractivity contribution in [3.8, 4) is 0 Å². The summed E-state index contributed by atoms with van der Waals surface area (Å²) >= 11 is 5.11. The van der Waals surface area contributed by atoms with Gasteiger partial charge in [0.1, 0.15) is 0 Å². The van der Waals surface area contributed by atoms with Gasteiger partial charge in [0, 0.05) is 28.3 Å². The van der Waals surface area contributed by atoms with Gasteiger partial charge in [0.2, 0.25) is 5.91 Å². The van der Waals surface area contributed by atoms with Crippen LogP contribution in [0.15, 0.2) is 15.9 Å². The van der Waals surface area contributed by atoms with Crippen molar-refractivity contribution < 1.29 is 4.79 Å². The maximum absolute atomic E-state index is 12.2. The van der Waals surface area contributed by atoms with E-state index < -0.39 is 0 Å². The molecule has 0 aromatic carbocycles. The van der Waals surface area contributed by atoms with Gasteiger partial charge in [-0.3, -0.25) is 4.79 Å². The van der Waals surface area contributed by atoms with Gasteiger partial charge < -0.3 is 10.2 Å². The fourth-order valence-corrected chi connectivity index (χ4v) is 3.68. The van der Waals surface area contributed by atoms with Gasteiger partial charge >= 0.3 is 0 Å². The third-order valence-electron chi connectivity index (χ3n) is 3.23. The molecule has 1 amide bonds. The molecule has 0 spiro atoms. The minimum atomic E-state index is 0.142. The highest BCUT2D eigenvalue weighted by molar-refractivity contribution is 9.10. The summed E-state index contributed by atoms with van der Waals surface area (Å²) in [5.74, 6) is 0.843. The number of rotatable bonds is 3. The molecule has 0 radical (unpaired) electrons. The normalized spacial score (nSPS) is 23.9. The van der Waals surface area contributed by atoms with E-state index in [1.807, 2.05) is 17.3 Å². The highest BCUT2D eigenvalue weighted by Crippen LogP contribution is 2.23. The molecule has 1 fully saturated rings. The number of carbonyl (C=O) groups excluding carboxylic acids is 1. The molecule has 0 bridgehead atoms. The van der Waals surface area contributed by atoms with Crippen LogP contribution in [0.5, 0.6) is 0 Å². The fourth-order valence-electron chi connectivity index (χ4n) is 2.17. The first kappa shape index (κ1) is 13.1. The molecule has 0 unspecified atom stereocenters. The third kappa shape index (κ3) is 3.09. The maximum Gasteiger partial charge on any atom is 0.227 e. The highest BCUT2D eigenvalue weighted by Gasteiger charge is 2.31. The first-order valence-electron chi connectivity index (χ1n) is 5.76. The molecule has 3 nitrogen and oxygen atoms in total. The van der Waals surface area contributed by atoms with Crippen molar-refractivity contribution in [1.82, 2.24) is 10.2 Å². The zero-order valence-electron chi connectivity index (χ0n) is 10.1. The second-order valence-electron chi connectivity index (χ2n) is 4.67. The molecule has 1 saturated heterocycles. The molecule has 1 aliphatic heterocycles. The third-order valence-corrected chi connectivity index (χ3v) is 4.91. The highest BCUT2D eigenvalue weighted by atomic mass is 79.9. The van der Waals surface area contributed by atoms with E-state index in [0.29, 0.717) is 12.5 Å². The van der Waals surface area contributed by atoms with Gasteiger partial charge in [-0.25, -0.2) is 0 Å². The van der Waals surface area contributed by atoms with Crippen molar-refractivity contribution in [3.05, 3.63) is 20.8 Å². The standard InChI is InChI=1S/C12H17BrN2OS/c1-8-4-14-5-11(8)12(16)15(2)6-10-3-9(13)7-17-10/h3,7-8,11,14H,4-6H2,1-2H3/t8-,11-/m1/s1. The monoisotopic (exact) mass is 316 g/mol. The van der Waals surface area contributed by atoms with Crippen LogP contribution in [0, 0.1) is 11.8 Å². The summed E-state index contributed by atoms with van der Waals surface area (Å²) in [4.78, 5) is 15.3. The van der Waals surface area contributed by atoms with Crippen LogP contribution in [-0.2, 0) is 11.3 Å². The molecule has 2 heterocycles. The van der Waals surface area contributed by atoms with Crippen LogP contribution in [0.1, 0.15) is 11.8 Å². The summed E-state index contributed by atoms with van der Waals surface area (Å²) < 4.78 is 1.09. The van der Waals surface area contributed by atoms with Crippen molar-refractivity contribution in [3.63, 3.8) is 0 Å². The number of hydrogen-bond acceptors (Lipinski definition) is 3. The van der Waals surface area contributed by atoms with E-state index in [4.69, 9.17) is 0 Å². The lowest BCUT2D eigenvalue weighted by molar-refractivity contribution is -0.135. The van der Waals surface area contributed by atoms with Crippen molar-refractivity contribution in [2.45, 2.75) is 13.5 Å². The van der Waals surface area contributed by atoms with E-state index >= 15 is 0 Å². The molecule has 0 aliphatic carbocycles. The van der Waals surface area contributed by atoms with Crippen LogP contribution in [-0.4, -0.2) is 30.9 Å². The predicted octanol–water partition coefficient (Wildman–Crippen LogP) is 2.32. The summed E-state index contributed by atoms with van der Waals surface area (Å²) in [6, 6.07) is 2.07. The lowest BCUT2D eigenvalue weighted by Crippen LogP contribution is -2.35. The molecule has 1 aliphatic rings. The quantitative estimate of drug-likeness (QED) is 0.928. The van der Waals surface area contributed by atoms with E-state index in [2.05, 4.69) is 34.2 Å². The smallest absolute Gasteiger partial charge is 0.227 e.